The lowest BCUT2D eigenvalue weighted by Gasteiger charge is -2.09. The van der Waals surface area contributed by atoms with Crippen molar-refractivity contribution in [2.75, 3.05) is 0 Å². The highest BCUT2D eigenvalue weighted by atomic mass is 35.5. The van der Waals surface area contributed by atoms with Crippen molar-refractivity contribution in [1.82, 2.24) is 9.55 Å². The highest BCUT2D eigenvalue weighted by molar-refractivity contribution is 6.35. The predicted octanol–water partition coefficient (Wildman–Crippen LogP) is 4.40. The predicted molar refractivity (Wildman–Crippen MR) is 85.9 cm³/mol. The van der Waals surface area contributed by atoms with E-state index in [2.05, 4.69) is 11.5 Å². The molecule has 0 atom stereocenters. The van der Waals surface area contributed by atoms with Gasteiger partial charge in [0, 0.05) is 18.5 Å². The molecule has 1 aromatic heterocycles. The van der Waals surface area contributed by atoms with Gasteiger partial charge in [-0.2, -0.15) is 0 Å². The smallest absolute Gasteiger partial charge is 0.119 e. The summed E-state index contributed by atoms with van der Waals surface area (Å²) in [6.45, 7) is 3.00. The fraction of sp³-hybridized carbons (Fsp3) is 0.235. The Hall–Kier alpha value is -2.00. The van der Waals surface area contributed by atoms with Gasteiger partial charge in [0.25, 0.3) is 0 Å². The van der Waals surface area contributed by atoms with E-state index in [1.807, 2.05) is 36.4 Å². The summed E-state index contributed by atoms with van der Waals surface area (Å²) in [5, 5.41) is 10.7. The maximum absolute atomic E-state index is 9.96. The standard InChI is InChI=1S/C17H17ClN2O/c1-2-10-20-16(11-12-6-3-4-9-15(12)21)19-14-8-5-7-13(18)17(14)20/h3-9,21H,2,10-11H2,1H3. The molecule has 0 unspecified atom stereocenters. The Bertz CT molecular complexity index is 780. The molecule has 0 aliphatic carbocycles. The molecular formula is C17H17ClN2O. The van der Waals surface area contributed by atoms with Crippen LogP contribution in [0.25, 0.3) is 11.0 Å². The van der Waals surface area contributed by atoms with Crippen LogP contribution in [0.4, 0.5) is 0 Å². The van der Waals surface area contributed by atoms with E-state index in [0.29, 0.717) is 12.2 Å². The summed E-state index contributed by atoms with van der Waals surface area (Å²) in [7, 11) is 0. The monoisotopic (exact) mass is 300 g/mol. The van der Waals surface area contributed by atoms with Gasteiger partial charge in [-0.15, -0.1) is 0 Å². The Morgan fingerprint density at radius 1 is 1.14 bits per heavy atom. The van der Waals surface area contributed by atoms with E-state index in [0.717, 1.165) is 40.4 Å². The van der Waals surface area contributed by atoms with Crippen molar-refractivity contribution >= 4 is 22.6 Å². The van der Waals surface area contributed by atoms with Gasteiger partial charge in [0.1, 0.15) is 11.6 Å². The Morgan fingerprint density at radius 2 is 1.95 bits per heavy atom. The van der Waals surface area contributed by atoms with E-state index >= 15 is 0 Å². The third kappa shape index (κ3) is 2.61. The van der Waals surface area contributed by atoms with Gasteiger partial charge in [0.15, 0.2) is 0 Å². The number of para-hydroxylation sites is 2. The second-order valence-electron chi connectivity index (χ2n) is 5.09. The van der Waals surface area contributed by atoms with E-state index in [-0.39, 0.29) is 0 Å². The van der Waals surface area contributed by atoms with Crippen LogP contribution < -0.4 is 0 Å². The number of rotatable bonds is 4. The molecule has 3 aromatic rings. The van der Waals surface area contributed by atoms with Crippen LogP contribution >= 0.6 is 11.6 Å². The van der Waals surface area contributed by atoms with Crippen LogP contribution in [0.15, 0.2) is 42.5 Å². The molecule has 0 amide bonds. The molecule has 1 N–H and O–H groups in total. The number of aromatic hydroxyl groups is 1. The fourth-order valence-corrected chi connectivity index (χ4v) is 2.89. The quantitative estimate of drug-likeness (QED) is 0.775. The molecule has 108 valence electrons. The molecule has 0 aliphatic heterocycles. The third-order valence-corrected chi connectivity index (χ3v) is 3.89. The Kier molecular flexibility index (Phi) is 3.84. The number of phenols is 1. The molecule has 0 saturated heterocycles. The summed E-state index contributed by atoms with van der Waals surface area (Å²) in [5.74, 6) is 1.24. The van der Waals surface area contributed by atoms with Gasteiger partial charge in [0.05, 0.1) is 16.1 Å². The van der Waals surface area contributed by atoms with Gasteiger partial charge in [0.2, 0.25) is 0 Å². The van der Waals surface area contributed by atoms with E-state index in [9.17, 15) is 5.11 Å². The molecule has 1 heterocycles. The van der Waals surface area contributed by atoms with Crippen molar-refractivity contribution in [3.05, 3.63) is 58.9 Å². The van der Waals surface area contributed by atoms with Crippen molar-refractivity contribution in [2.24, 2.45) is 0 Å². The fourth-order valence-electron chi connectivity index (χ4n) is 2.62. The van der Waals surface area contributed by atoms with Crippen LogP contribution in [0.5, 0.6) is 5.75 Å². The highest BCUT2D eigenvalue weighted by Gasteiger charge is 2.14. The van der Waals surface area contributed by atoms with Crippen molar-refractivity contribution in [3.63, 3.8) is 0 Å². The third-order valence-electron chi connectivity index (χ3n) is 3.58. The largest absolute Gasteiger partial charge is 0.508 e. The molecule has 3 rings (SSSR count). The summed E-state index contributed by atoms with van der Waals surface area (Å²) >= 11 is 6.34. The van der Waals surface area contributed by atoms with Crippen LogP contribution in [-0.2, 0) is 13.0 Å². The number of phenolic OH excluding ortho intramolecular Hbond substituents is 1. The van der Waals surface area contributed by atoms with E-state index in [1.165, 1.54) is 0 Å². The SMILES string of the molecule is CCCn1c(Cc2ccccc2O)nc2cccc(Cl)c21. The number of aromatic nitrogens is 2. The number of aryl methyl sites for hydroxylation is 1. The average molecular weight is 301 g/mol. The Labute approximate surface area is 128 Å². The maximum Gasteiger partial charge on any atom is 0.119 e. The first-order valence-corrected chi connectivity index (χ1v) is 7.49. The molecule has 2 aromatic carbocycles. The first kappa shape index (κ1) is 14.0. The first-order chi connectivity index (χ1) is 10.2. The molecule has 0 radical (unpaired) electrons. The highest BCUT2D eigenvalue weighted by Crippen LogP contribution is 2.27. The second-order valence-corrected chi connectivity index (χ2v) is 5.50. The molecular weight excluding hydrogens is 284 g/mol. The summed E-state index contributed by atoms with van der Waals surface area (Å²) in [6, 6.07) is 13.2. The number of imidazole rings is 1. The van der Waals surface area contributed by atoms with E-state index < -0.39 is 0 Å². The molecule has 3 nitrogen and oxygen atoms in total. The van der Waals surface area contributed by atoms with E-state index in [4.69, 9.17) is 16.6 Å². The van der Waals surface area contributed by atoms with Gasteiger partial charge < -0.3 is 9.67 Å². The van der Waals surface area contributed by atoms with Crippen LogP contribution in [0.3, 0.4) is 0 Å². The van der Waals surface area contributed by atoms with Gasteiger partial charge in [-0.05, 0) is 24.6 Å². The number of hydrogen-bond donors (Lipinski definition) is 1. The second kappa shape index (κ2) is 5.78. The number of hydrogen-bond acceptors (Lipinski definition) is 2. The Morgan fingerprint density at radius 3 is 2.71 bits per heavy atom. The topological polar surface area (TPSA) is 38.0 Å². The summed E-state index contributed by atoms with van der Waals surface area (Å²) in [5.41, 5.74) is 2.76. The molecule has 0 spiro atoms. The first-order valence-electron chi connectivity index (χ1n) is 7.11. The molecule has 0 fully saturated rings. The van der Waals surface area contributed by atoms with Crippen LogP contribution in [0, 0.1) is 0 Å². The minimum atomic E-state index is 0.304. The minimum Gasteiger partial charge on any atom is -0.508 e. The summed E-state index contributed by atoms with van der Waals surface area (Å²) < 4.78 is 2.16. The normalized spacial score (nSPS) is 11.1. The number of nitrogens with zero attached hydrogens (tertiary/aromatic N) is 2. The zero-order chi connectivity index (χ0) is 14.8. The zero-order valence-electron chi connectivity index (χ0n) is 11.9. The van der Waals surface area contributed by atoms with Gasteiger partial charge in [-0.1, -0.05) is 42.8 Å². The minimum absolute atomic E-state index is 0.304. The lowest BCUT2D eigenvalue weighted by Crippen LogP contribution is -2.04. The van der Waals surface area contributed by atoms with Crippen LogP contribution in [0.2, 0.25) is 5.02 Å². The van der Waals surface area contributed by atoms with Crippen molar-refractivity contribution in [3.8, 4) is 5.75 Å². The number of halogens is 1. The lowest BCUT2D eigenvalue weighted by molar-refractivity contribution is 0.468. The number of fused-ring (bicyclic) bond motifs is 1. The lowest BCUT2D eigenvalue weighted by atomic mass is 10.1. The van der Waals surface area contributed by atoms with E-state index in [1.54, 1.807) is 6.07 Å². The van der Waals surface area contributed by atoms with Crippen molar-refractivity contribution in [1.29, 1.82) is 0 Å². The maximum atomic E-state index is 9.96. The molecule has 0 aliphatic rings. The summed E-state index contributed by atoms with van der Waals surface area (Å²) in [6.07, 6.45) is 1.60. The van der Waals surface area contributed by atoms with Crippen LogP contribution in [0.1, 0.15) is 24.7 Å². The van der Waals surface area contributed by atoms with Crippen molar-refractivity contribution < 1.29 is 5.11 Å². The van der Waals surface area contributed by atoms with Gasteiger partial charge in [-0.25, -0.2) is 4.98 Å². The molecule has 4 heteroatoms. The number of benzene rings is 2. The molecule has 21 heavy (non-hydrogen) atoms. The van der Waals surface area contributed by atoms with Crippen LogP contribution in [-0.4, -0.2) is 14.7 Å². The average Bonchev–Trinajstić information content (AvgIpc) is 2.81. The zero-order valence-corrected chi connectivity index (χ0v) is 12.6. The molecule has 0 saturated carbocycles. The van der Waals surface area contributed by atoms with Crippen molar-refractivity contribution in [2.45, 2.75) is 26.3 Å². The summed E-state index contributed by atoms with van der Waals surface area (Å²) in [4.78, 5) is 4.70. The molecule has 0 bridgehead atoms. The van der Waals surface area contributed by atoms with Gasteiger partial charge >= 0.3 is 0 Å². The Balaban J connectivity index is 2.12. The van der Waals surface area contributed by atoms with Gasteiger partial charge in [-0.3, -0.25) is 0 Å².